The van der Waals surface area contributed by atoms with Crippen molar-refractivity contribution in [2.45, 2.75) is 20.0 Å². The van der Waals surface area contributed by atoms with E-state index in [1.807, 2.05) is 6.20 Å². The van der Waals surface area contributed by atoms with E-state index in [1.165, 1.54) is 5.70 Å². The van der Waals surface area contributed by atoms with Crippen LogP contribution in [0.3, 0.4) is 0 Å². The summed E-state index contributed by atoms with van der Waals surface area (Å²) in [6, 6.07) is 0. The number of nitrogens with zero attached hydrogens (tertiary/aromatic N) is 1. The van der Waals surface area contributed by atoms with Crippen LogP contribution in [-0.4, -0.2) is 24.2 Å². The third kappa shape index (κ3) is 1.24. The topological polar surface area (TPSA) is 41.3 Å². The fourth-order valence-electron chi connectivity index (χ4n) is 1.23. The monoisotopic (exact) mass is 141 g/mol. The molecular weight excluding hydrogens is 126 g/mol. The average molecular weight is 141 g/mol. The van der Waals surface area contributed by atoms with Gasteiger partial charge in [0.1, 0.15) is 0 Å². The molecule has 0 amide bonds. The largest absolute Gasteiger partial charge is 0.370 e. The van der Waals surface area contributed by atoms with Gasteiger partial charge in [-0.05, 0) is 13.8 Å². The summed E-state index contributed by atoms with van der Waals surface area (Å²) in [7, 11) is 0. The minimum atomic E-state index is 0.420. The second kappa shape index (κ2) is 2.92. The van der Waals surface area contributed by atoms with Gasteiger partial charge in [0.2, 0.25) is 0 Å². The molecule has 1 aliphatic heterocycles. The molecular formula is C7H15N3. The third-order valence-electron chi connectivity index (χ3n) is 1.82. The average Bonchev–Trinajstić information content (AvgIpc) is 2.20. The van der Waals surface area contributed by atoms with Gasteiger partial charge < -0.3 is 16.0 Å². The van der Waals surface area contributed by atoms with Crippen LogP contribution in [0.5, 0.6) is 0 Å². The Balaban J connectivity index is 2.47. The molecule has 1 rings (SSSR count). The first-order valence-corrected chi connectivity index (χ1v) is 3.65. The summed E-state index contributed by atoms with van der Waals surface area (Å²) in [5, 5.41) is 3.21. The van der Waals surface area contributed by atoms with Crippen LogP contribution in [0.25, 0.3) is 0 Å². The molecule has 0 saturated heterocycles. The van der Waals surface area contributed by atoms with E-state index >= 15 is 0 Å². The summed E-state index contributed by atoms with van der Waals surface area (Å²) in [5.41, 5.74) is 6.71. The van der Waals surface area contributed by atoms with Crippen LogP contribution in [0.15, 0.2) is 11.9 Å². The molecule has 0 bridgehead atoms. The van der Waals surface area contributed by atoms with Crippen LogP contribution in [0.2, 0.25) is 0 Å². The van der Waals surface area contributed by atoms with E-state index in [4.69, 9.17) is 5.73 Å². The molecule has 1 aliphatic rings. The number of hydrogen-bond acceptors (Lipinski definition) is 3. The highest BCUT2D eigenvalue weighted by molar-refractivity contribution is 5.04. The maximum atomic E-state index is 5.44. The Labute approximate surface area is 61.9 Å². The summed E-state index contributed by atoms with van der Waals surface area (Å²) in [6.07, 6.45) is 2.45. The van der Waals surface area contributed by atoms with Gasteiger partial charge >= 0.3 is 0 Å². The van der Waals surface area contributed by atoms with Gasteiger partial charge in [-0.2, -0.15) is 0 Å². The van der Waals surface area contributed by atoms with Crippen molar-refractivity contribution in [3.05, 3.63) is 11.9 Å². The summed E-state index contributed by atoms with van der Waals surface area (Å²) in [6.45, 7) is 5.88. The molecule has 3 N–H and O–H groups in total. The molecule has 0 spiro atoms. The van der Waals surface area contributed by atoms with E-state index < -0.39 is 0 Å². The van der Waals surface area contributed by atoms with E-state index in [0.717, 1.165) is 13.1 Å². The van der Waals surface area contributed by atoms with Crippen LogP contribution < -0.4 is 11.1 Å². The molecule has 0 aromatic carbocycles. The zero-order chi connectivity index (χ0) is 7.56. The Morgan fingerprint density at radius 3 is 2.90 bits per heavy atom. The van der Waals surface area contributed by atoms with E-state index in [2.05, 4.69) is 24.1 Å². The van der Waals surface area contributed by atoms with Crippen molar-refractivity contribution >= 4 is 0 Å². The quantitative estimate of drug-likeness (QED) is 0.571. The van der Waals surface area contributed by atoms with Crippen LogP contribution >= 0.6 is 0 Å². The molecule has 1 heterocycles. The first kappa shape index (κ1) is 7.41. The first-order chi connectivity index (χ1) is 4.75. The Hall–Kier alpha value is -0.700. The number of nitrogens with one attached hydrogen (secondary N) is 1. The lowest BCUT2D eigenvalue weighted by molar-refractivity contribution is 0.284. The van der Waals surface area contributed by atoms with Gasteiger partial charge in [-0.1, -0.05) is 0 Å². The Bertz CT molecular complexity index is 142. The number of rotatable bonds is 2. The van der Waals surface area contributed by atoms with Crippen molar-refractivity contribution in [2.75, 3.05) is 13.1 Å². The molecule has 0 aromatic heterocycles. The molecule has 0 aliphatic carbocycles. The van der Waals surface area contributed by atoms with Gasteiger partial charge in [0.15, 0.2) is 0 Å². The minimum absolute atomic E-state index is 0.420. The van der Waals surface area contributed by atoms with Crippen LogP contribution in [0, 0.1) is 0 Å². The van der Waals surface area contributed by atoms with Gasteiger partial charge in [-0.3, -0.25) is 0 Å². The van der Waals surface area contributed by atoms with Crippen molar-refractivity contribution in [3.63, 3.8) is 0 Å². The second-order valence-electron chi connectivity index (χ2n) is 2.61. The number of nitrogens with two attached hydrogens (primary N) is 1. The van der Waals surface area contributed by atoms with Crippen molar-refractivity contribution in [1.29, 1.82) is 0 Å². The number of hydrogen-bond donors (Lipinski definition) is 2. The van der Waals surface area contributed by atoms with E-state index in [9.17, 15) is 0 Å². The SMILES string of the molecule is CC1=CNC(C)N1CCN. The van der Waals surface area contributed by atoms with Crippen molar-refractivity contribution in [2.24, 2.45) is 5.73 Å². The highest BCUT2D eigenvalue weighted by Gasteiger charge is 2.16. The molecule has 0 radical (unpaired) electrons. The summed E-state index contributed by atoms with van der Waals surface area (Å²) < 4.78 is 0. The third-order valence-corrected chi connectivity index (χ3v) is 1.82. The fraction of sp³-hybridized carbons (Fsp3) is 0.714. The van der Waals surface area contributed by atoms with Crippen molar-refractivity contribution in [1.82, 2.24) is 10.2 Å². The summed E-state index contributed by atoms with van der Waals surface area (Å²) in [5.74, 6) is 0. The van der Waals surface area contributed by atoms with Crippen LogP contribution in [-0.2, 0) is 0 Å². The van der Waals surface area contributed by atoms with E-state index in [0.29, 0.717) is 6.17 Å². The molecule has 3 nitrogen and oxygen atoms in total. The van der Waals surface area contributed by atoms with Gasteiger partial charge in [0.25, 0.3) is 0 Å². The Morgan fingerprint density at radius 1 is 1.80 bits per heavy atom. The predicted octanol–water partition coefficient (Wildman–Crippen LogP) is 0.0576. The lowest BCUT2D eigenvalue weighted by Crippen LogP contribution is -2.36. The molecule has 0 saturated carbocycles. The van der Waals surface area contributed by atoms with Gasteiger partial charge in [-0.15, -0.1) is 0 Å². The lowest BCUT2D eigenvalue weighted by Gasteiger charge is -2.24. The predicted molar refractivity (Wildman–Crippen MR) is 42.1 cm³/mol. The van der Waals surface area contributed by atoms with Crippen LogP contribution in [0.4, 0.5) is 0 Å². The van der Waals surface area contributed by atoms with Gasteiger partial charge in [0, 0.05) is 25.0 Å². The maximum Gasteiger partial charge on any atom is 0.0955 e. The highest BCUT2D eigenvalue weighted by atomic mass is 15.3. The molecule has 10 heavy (non-hydrogen) atoms. The normalized spacial score (nSPS) is 24.5. The molecule has 3 heteroatoms. The summed E-state index contributed by atoms with van der Waals surface area (Å²) >= 11 is 0. The molecule has 1 atom stereocenters. The highest BCUT2D eigenvalue weighted by Crippen LogP contribution is 2.11. The van der Waals surface area contributed by atoms with Gasteiger partial charge in [-0.25, -0.2) is 0 Å². The van der Waals surface area contributed by atoms with Crippen molar-refractivity contribution in [3.8, 4) is 0 Å². The Kier molecular flexibility index (Phi) is 2.17. The molecule has 0 aromatic rings. The lowest BCUT2D eigenvalue weighted by atomic mass is 10.4. The summed E-state index contributed by atoms with van der Waals surface area (Å²) in [4.78, 5) is 2.25. The Morgan fingerprint density at radius 2 is 2.50 bits per heavy atom. The maximum absolute atomic E-state index is 5.44. The standard InChI is InChI=1S/C7H15N3/c1-6-5-9-7(2)10(6)4-3-8/h5,7,9H,3-4,8H2,1-2H3. The zero-order valence-electron chi connectivity index (χ0n) is 6.59. The second-order valence-corrected chi connectivity index (χ2v) is 2.61. The zero-order valence-corrected chi connectivity index (χ0v) is 6.59. The smallest absolute Gasteiger partial charge is 0.0955 e. The van der Waals surface area contributed by atoms with Crippen LogP contribution in [0.1, 0.15) is 13.8 Å². The van der Waals surface area contributed by atoms with E-state index in [1.54, 1.807) is 0 Å². The number of allylic oxidation sites excluding steroid dienone is 1. The molecule has 0 fully saturated rings. The minimum Gasteiger partial charge on any atom is -0.370 e. The molecule has 1 unspecified atom stereocenters. The fourth-order valence-corrected chi connectivity index (χ4v) is 1.23. The molecule has 58 valence electrons. The van der Waals surface area contributed by atoms with E-state index in [-0.39, 0.29) is 0 Å². The van der Waals surface area contributed by atoms with Gasteiger partial charge in [0.05, 0.1) is 6.17 Å². The van der Waals surface area contributed by atoms with Crippen molar-refractivity contribution < 1.29 is 0 Å². The first-order valence-electron chi connectivity index (χ1n) is 3.65.